The van der Waals surface area contributed by atoms with Gasteiger partial charge in [-0.05, 0) is 18.8 Å². The molecule has 2 heterocycles. The summed E-state index contributed by atoms with van der Waals surface area (Å²) in [7, 11) is 0. The van der Waals surface area contributed by atoms with E-state index in [4.69, 9.17) is 0 Å². The molecule has 1 aliphatic carbocycles. The van der Waals surface area contributed by atoms with E-state index in [1.54, 1.807) is 16.7 Å². The number of hydrogen-bond acceptors (Lipinski definition) is 4. The minimum atomic E-state index is -0.405. The summed E-state index contributed by atoms with van der Waals surface area (Å²) >= 11 is 1.60. The first-order valence-corrected chi connectivity index (χ1v) is 8.44. The van der Waals surface area contributed by atoms with Crippen LogP contribution in [0.1, 0.15) is 32.1 Å². The van der Waals surface area contributed by atoms with E-state index in [-0.39, 0.29) is 23.3 Å². The van der Waals surface area contributed by atoms with Crippen molar-refractivity contribution in [3.05, 3.63) is 11.3 Å². The highest BCUT2D eigenvalue weighted by Gasteiger charge is 2.45. The third kappa shape index (κ3) is 2.41. The van der Waals surface area contributed by atoms with Gasteiger partial charge in [0.25, 0.3) is 11.8 Å². The van der Waals surface area contributed by atoms with Crippen molar-refractivity contribution in [2.24, 2.45) is 5.92 Å². The van der Waals surface area contributed by atoms with Crippen LogP contribution >= 0.6 is 11.8 Å². The normalized spacial score (nSPS) is 27.1. The average Bonchev–Trinajstić information content (AvgIpc) is 3.03. The first kappa shape index (κ1) is 13.8. The highest BCUT2D eigenvalue weighted by atomic mass is 32.2. The molecule has 1 saturated heterocycles. The van der Waals surface area contributed by atoms with E-state index in [1.165, 1.54) is 19.3 Å². The Labute approximate surface area is 122 Å². The zero-order chi connectivity index (χ0) is 14.1. The van der Waals surface area contributed by atoms with Crippen molar-refractivity contribution >= 4 is 23.6 Å². The van der Waals surface area contributed by atoms with Crippen LogP contribution in [-0.2, 0) is 9.59 Å². The minimum absolute atomic E-state index is 0.0360. The Balaban J connectivity index is 1.61. The van der Waals surface area contributed by atoms with Gasteiger partial charge in [0.1, 0.15) is 17.4 Å². The maximum absolute atomic E-state index is 12.2. The SMILES string of the molecule is O=C(NCC1CCCCC1)C1=C(O)C2CSCN2C1=O. The second-order valence-electron chi connectivity index (χ2n) is 5.76. The standard InChI is InChI=1S/C14H20N2O3S/c17-12-10-7-20-8-16(10)14(19)11(12)13(18)15-6-9-4-2-1-3-5-9/h9-10,17H,1-8H2,(H,15,18). The Bertz CT molecular complexity index is 457. The van der Waals surface area contributed by atoms with Gasteiger partial charge < -0.3 is 15.3 Å². The predicted octanol–water partition coefficient (Wildman–Crippen LogP) is 1.41. The number of nitrogens with zero attached hydrogens (tertiary/aromatic N) is 1. The van der Waals surface area contributed by atoms with Crippen LogP contribution in [0.15, 0.2) is 11.3 Å². The molecule has 110 valence electrons. The number of hydrogen-bond donors (Lipinski definition) is 2. The quantitative estimate of drug-likeness (QED) is 0.773. The lowest BCUT2D eigenvalue weighted by Crippen LogP contribution is -2.36. The summed E-state index contributed by atoms with van der Waals surface area (Å²) in [6.07, 6.45) is 6.01. The summed E-state index contributed by atoms with van der Waals surface area (Å²) in [6.45, 7) is 0.613. The Kier molecular flexibility index (Phi) is 3.92. The molecule has 2 fully saturated rings. The van der Waals surface area contributed by atoms with E-state index in [0.717, 1.165) is 12.8 Å². The molecular weight excluding hydrogens is 276 g/mol. The fraction of sp³-hybridized carbons (Fsp3) is 0.714. The molecular formula is C14H20N2O3S. The molecule has 1 saturated carbocycles. The number of carbonyl (C=O) groups is 2. The van der Waals surface area contributed by atoms with Crippen molar-refractivity contribution in [1.29, 1.82) is 0 Å². The molecule has 3 rings (SSSR count). The molecule has 20 heavy (non-hydrogen) atoms. The van der Waals surface area contributed by atoms with Crippen LogP contribution in [-0.4, -0.2) is 46.0 Å². The Morgan fingerprint density at radius 2 is 2.10 bits per heavy atom. The second kappa shape index (κ2) is 5.68. The molecule has 0 bridgehead atoms. The lowest BCUT2D eigenvalue weighted by Gasteiger charge is -2.21. The zero-order valence-electron chi connectivity index (χ0n) is 11.4. The van der Waals surface area contributed by atoms with Crippen LogP contribution in [0.5, 0.6) is 0 Å². The van der Waals surface area contributed by atoms with Gasteiger partial charge in [-0.25, -0.2) is 0 Å². The summed E-state index contributed by atoms with van der Waals surface area (Å²) in [5.74, 6) is 0.990. The van der Waals surface area contributed by atoms with Gasteiger partial charge in [-0.2, -0.15) is 0 Å². The van der Waals surface area contributed by atoms with E-state index < -0.39 is 5.91 Å². The average molecular weight is 296 g/mol. The summed E-state index contributed by atoms with van der Waals surface area (Å²) in [5.41, 5.74) is -0.0360. The van der Waals surface area contributed by atoms with Crippen molar-refractivity contribution in [2.75, 3.05) is 18.2 Å². The monoisotopic (exact) mass is 296 g/mol. The lowest BCUT2D eigenvalue weighted by atomic mass is 9.89. The molecule has 2 amide bonds. The maximum atomic E-state index is 12.2. The fourth-order valence-electron chi connectivity index (χ4n) is 3.22. The number of carbonyl (C=O) groups excluding carboxylic acids is 2. The number of nitrogens with one attached hydrogen (secondary N) is 1. The maximum Gasteiger partial charge on any atom is 0.264 e. The molecule has 0 aromatic heterocycles. The van der Waals surface area contributed by atoms with Crippen molar-refractivity contribution in [1.82, 2.24) is 10.2 Å². The number of aliphatic hydroxyl groups excluding tert-OH is 1. The first-order valence-electron chi connectivity index (χ1n) is 7.28. The van der Waals surface area contributed by atoms with Crippen LogP contribution in [0.2, 0.25) is 0 Å². The first-order chi connectivity index (χ1) is 9.68. The molecule has 0 aromatic carbocycles. The highest BCUT2D eigenvalue weighted by molar-refractivity contribution is 7.99. The van der Waals surface area contributed by atoms with E-state index >= 15 is 0 Å². The van der Waals surface area contributed by atoms with Gasteiger partial charge in [0.2, 0.25) is 0 Å². The number of fused-ring (bicyclic) bond motifs is 1. The van der Waals surface area contributed by atoms with E-state index in [9.17, 15) is 14.7 Å². The minimum Gasteiger partial charge on any atom is -0.509 e. The summed E-state index contributed by atoms with van der Waals surface area (Å²) in [6, 6.07) is -0.289. The highest BCUT2D eigenvalue weighted by Crippen LogP contribution is 2.33. The van der Waals surface area contributed by atoms with E-state index in [2.05, 4.69) is 5.32 Å². The van der Waals surface area contributed by atoms with Crippen molar-refractivity contribution in [3.8, 4) is 0 Å². The van der Waals surface area contributed by atoms with Crippen LogP contribution in [0.3, 0.4) is 0 Å². The summed E-state index contributed by atoms with van der Waals surface area (Å²) in [5, 5.41) is 12.9. The van der Waals surface area contributed by atoms with Crippen LogP contribution in [0.4, 0.5) is 0 Å². The molecule has 1 unspecified atom stereocenters. The largest absolute Gasteiger partial charge is 0.509 e. The van der Waals surface area contributed by atoms with Gasteiger partial charge >= 0.3 is 0 Å². The van der Waals surface area contributed by atoms with Gasteiger partial charge in [-0.1, -0.05) is 19.3 Å². The smallest absolute Gasteiger partial charge is 0.264 e. The molecule has 0 aromatic rings. The van der Waals surface area contributed by atoms with E-state index in [0.29, 0.717) is 24.1 Å². The van der Waals surface area contributed by atoms with Crippen LogP contribution in [0.25, 0.3) is 0 Å². The number of amides is 2. The lowest BCUT2D eigenvalue weighted by molar-refractivity contribution is -0.128. The molecule has 1 atom stereocenters. The molecule has 0 radical (unpaired) electrons. The number of aliphatic hydroxyl groups is 1. The van der Waals surface area contributed by atoms with Gasteiger partial charge in [0.05, 0.1) is 5.88 Å². The molecule has 0 spiro atoms. The number of rotatable bonds is 3. The van der Waals surface area contributed by atoms with Crippen molar-refractivity contribution in [3.63, 3.8) is 0 Å². The topological polar surface area (TPSA) is 69.6 Å². The second-order valence-corrected chi connectivity index (χ2v) is 6.76. The Morgan fingerprint density at radius 1 is 1.35 bits per heavy atom. The molecule has 2 aliphatic heterocycles. The zero-order valence-corrected chi connectivity index (χ0v) is 12.2. The molecule has 3 aliphatic rings. The Hall–Kier alpha value is -1.17. The molecule has 2 N–H and O–H groups in total. The van der Waals surface area contributed by atoms with Gasteiger partial charge in [0.15, 0.2) is 0 Å². The van der Waals surface area contributed by atoms with Crippen molar-refractivity contribution in [2.45, 2.75) is 38.1 Å². The number of thioether (sulfide) groups is 1. The summed E-state index contributed by atoms with van der Waals surface area (Å²) < 4.78 is 0. The Morgan fingerprint density at radius 3 is 2.80 bits per heavy atom. The van der Waals surface area contributed by atoms with Gasteiger partial charge in [-0.3, -0.25) is 9.59 Å². The van der Waals surface area contributed by atoms with E-state index in [1.807, 2.05) is 0 Å². The summed E-state index contributed by atoms with van der Waals surface area (Å²) in [4.78, 5) is 25.9. The molecule has 5 nitrogen and oxygen atoms in total. The van der Waals surface area contributed by atoms with Crippen LogP contribution < -0.4 is 5.32 Å². The third-order valence-corrected chi connectivity index (χ3v) is 5.44. The predicted molar refractivity (Wildman–Crippen MR) is 77.2 cm³/mol. The van der Waals surface area contributed by atoms with Gasteiger partial charge in [-0.15, -0.1) is 11.8 Å². The third-order valence-electron chi connectivity index (χ3n) is 4.43. The fourth-order valence-corrected chi connectivity index (χ4v) is 4.38. The van der Waals surface area contributed by atoms with Gasteiger partial charge in [0, 0.05) is 12.3 Å². The van der Waals surface area contributed by atoms with Crippen LogP contribution in [0, 0.1) is 5.92 Å². The van der Waals surface area contributed by atoms with Crippen molar-refractivity contribution < 1.29 is 14.7 Å². The molecule has 6 heteroatoms.